The molecule has 8 heteroatoms. The molecule has 0 bridgehead atoms. The summed E-state index contributed by atoms with van der Waals surface area (Å²) in [6.07, 6.45) is 1.59. The van der Waals surface area contributed by atoms with Crippen molar-refractivity contribution in [1.82, 2.24) is 14.8 Å². The van der Waals surface area contributed by atoms with Crippen LogP contribution in [0.5, 0.6) is 0 Å². The quantitative estimate of drug-likeness (QED) is 0.661. The second-order valence-electron chi connectivity index (χ2n) is 6.45. The van der Waals surface area contributed by atoms with E-state index in [0.29, 0.717) is 16.6 Å². The van der Waals surface area contributed by atoms with Crippen LogP contribution in [0.15, 0.2) is 36.5 Å². The highest BCUT2D eigenvalue weighted by Gasteiger charge is 2.21. The maximum atomic E-state index is 12.5. The van der Waals surface area contributed by atoms with Crippen molar-refractivity contribution < 1.29 is 19.8 Å². The van der Waals surface area contributed by atoms with Gasteiger partial charge >= 0.3 is 5.97 Å². The van der Waals surface area contributed by atoms with E-state index in [0.717, 1.165) is 0 Å². The Morgan fingerprint density at radius 1 is 1.23 bits per heavy atom. The molecule has 3 aromatic rings. The number of aliphatic hydroxyl groups is 1. The number of anilines is 1. The van der Waals surface area contributed by atoms with E-state index in [2.05, 4.69) is 15.4 Å². The zero-order chi connectivity index (χ0) is 19.1. The van der Waals surface area contributed by atoms with Crippen molar-refractivity contribution in [3.05, 3.63) is 53.5 Å². The summed E-state index contributed by atoms with van der Waals surface area (Å²) < 4.78 is 1.56. The van der Waals surface area contributed by atoms with E-state index < -0.39 is 17.5 Å². The number of nitrogens with zero attached hydrogens (tertiary/aromatic N) is 3. The lowest BCUT2D eigenvalue weighted by atomic mass is 10.0. The van der Waals surface area contributed by atoms with Crippen molar-refractivity contribution in [2.75, 3.05) is 5.32 Å². The van der Waals surface area contributed by atoms with Gasteiger partial charge in [-0.3, -0.25) is 9.48 Å². The van der Waals surface area contributed by atoms with Gasteiger partial charge in [-0.2, -0.15) is 5.10 Å². The van der Waals surface area contributed by atoms with Gasteiger partial charge in [0.15, 0.2) is 0 Å². The molecular formula is C18H18N4O4. The monoisotopic (exact) mass is 354 g/mol. The van der Waals surface area contributed by atoms with Gasteiger partial charge in [0.2, 0.25) is 0 Å². The number of carbonyl (C=O) groups excluding carboxylic acids is 1. The lowest BCUT2D eigenvalue weighted by Crippen LogP contribution is -2.21. The Hall–Kier alpha value is -3.26. The lowest BCUT2D eigenvalue weighted by molar-refractivity contribution is 0.0697. The Morgan fingerprint density at radius 3 is 2.62 bits per heavy atom. The molecule has 0 aliphatic heterocycles. The molecular weight excluding hydrogens is 336 g/mol. The molecule has 0 spiro atoms. The van der Waals surface area contributed by atoms with E-state index in [9.17, 15) is 19.8 Å². The van der Waals surface area contributed by atoms with Gasteiger partial charge < -0.3 is 15.5 Å². The van der Waals surface area contributed by atoms with Crippen LogP contribution in [0.25, 0.3) is 10.9 Å². The molecule has 1 amide bonds. The molecule has 134 valence electrons. The average molecular weight is 354 g/mol. The second kappa shape index (κ2) is 6.23. The highest BCUT2D eigenvalue weighted by atomic mass is 16.4. The van der Waals surface area contributed by atoms with Crippen LogP contribution in [0.4, 0.5) is 5.69 Å². The molecule has 0 atom stereocenters. The van der Waals surface area contributed by atoms with Crippen LogP contribution in [0.3, 0.4) is 0 Å². The first-order chi connectivity index (χ1) is 12.2. The summed E-state index contributed by atoms with van der Waals surface area (Å²) in [6.45, 7) is 3.13. The van der Waals surface area contributed by atoms with Crippen molar-refractivity contribution in [3.8, 4) is 0 Å². The molecule has 3 N–H and O–H groups in total. The molecule has 0 saturated heterocycles. The molecule has 0 fully saturated rings. The third-order valence-corrected chi connectivity index (χ3v) is 3.97. The zero-order valence-electron chi connectivity index (χ0n) is 14.5. The fraction of sp³-hybridized carbons (Fsp3) is 0.222. The number of hydrogen-bond acceptors (Lipinski definition) is 5. The molecule has 0 unspecified atom stereocenters. The lowest BCUT2D eigenvalue weighted by Gasteiger charge is -2.17. The van der Waals surface area contributed by atoms with Gasteiger partial charge in [-0.1, -0.05) is 6.07 Å². The Bertz CT molecular complexity index is 1020. The Morgan fingerprint density at radius 2 is 1.96 bits per heavy atom. The fourth-order valence-electron chi connectivity index (χ4n) is 2.57. The van der Waals surface area contributed by atoms with Crippen LogP contribution in [0.2, 0.25) is 0 Å². The molecule has 2 heterocycles. The first-order valence-electron chi connectivity index (χ1n) is 7.87. The number of fused-ring (bicyclic) bond motifs is 1. The summed E-state index contributed by atoms with van der Waals surface area (Å²) in [7, 11) is 1.71. The first kappa shape index (κ1) is 17.6. The molecule has 0 saturated carbocycles. The minimum Gasteiger partial charge on any atom is -0.478 e. The van der Waals surface area contributed by atoms with E-state index in [-0.39, 0.29) is 16.9 Å². The number of benzene rings is 1. The van der Waals surface area contributed by atoms with Crippen LogP contribution in [0.1, 0.15) is 40.4 Å². The standard InChI is InChI=1S/C18H18N4O4/c1-18(2,26)15-6-4-5-12(20-15)16(23)21-13-7-10-9-19-22(3)14(10)8-11(13)17(24)25/h4-9,26H,1-3H3,(H,21,23)(H,24,25). The number of carbonyl (C=O) groups is 2. The smallest absolute Gasteiger partial charge is 0.337 e. The molecule has 0 aliphatic rings. The average Bonchev–Trinajstić information content (AvgIpc) is 2.93. The summed E-state index contributed by atoms with van der Waals surface area (Å²) in [5.74, 6) is -1.73. The van der Waals surface area contributed by atoms with Crippen molar-refractivity contribution in [3.63, 3.8) is 0 Å². The normalized spacial score (nSPS) is 11.5. The molecule has 1 aromatic carbocycles. The molecule has 2 aromatic heterocycles. The zero-order valence-corrected chi connectivity index (χ0v) is 14.5. The van der Waals surface area contributed by atoms with E-state index in [1.165, 1.54) is 12.1 Å². The van der Waals surface area contributed by atoms with Gasteiger partial charge in [0, 0.05) is 12.4 Å². The van der Waals surface area contributed by atoms with Crippen LogP contribution in [-0.4, -0.2) is 36.9 Å². The summed E-state index contributed by atoms with van der Waals surface area (Å²) in [5.41, 5.74) is -0.0374. The Balaban J connectivity index is 1.99. The van der Waals surface area contributed by atoms with Crippen LogP contribution < -0.4 is 5.32 Å². The summed E-state index contributed by atoms with van der Waals surface area (Å²) in [5, 5.41) is 26.9. The molecule has 3 rings (SSSR count). The van der Waals surface area contributed by atoms with Crippen LogP contribution >= 0.6 is 0 Å². The van der Waals surface area contributed by atoms with Gasteiger partial charge in [0.1, 0.15) is 11.3 Å². The third-order valence-electron chi connectivity index (χ3n) is 3.97. The summed E-state index contributed by atoms with van der Waals surface area (Å²) >= 11 is 0. The number of rotatable bonds is 4. The largest absolute Gasteiger partial charge is 0.478 e. The number of hydrogen-bond donors (Lipinski definition) is 3. The minimum absolute atomic E-state index is 0.0481. The second-order valence-corrected chi connectivity index (χ2v) is 6.45. The number of amides is 1. The van der Waals surface area contributed by atoms with Crippen LogP contribution in [-0.2, 0) is 12.6 Å². The third kappa shape index (κ3) is 3.27. The van der Waals surface area contributed by atoms with Gasteiger partial charge in [0.05, 0.1) is 28.7 Å². The van der Waals surface area contributed by atoms with E-state index in [1.807, 2.05) is 0 Å². The number of aryl methyl sites for hydroxylation is 1. The van der Waals surface area contributed by atoms with E-state index >= 15 is 0 Å². The van der Waals surface area contributed by atoms with Crippen molar-refractivity contribution in [1.29, 1.82) is 0 Å². The minimum atomic E-state index is -1.20. The first-order valence-corrected chi connectivity index (χ1v) is 7.87. The van der Waals surface area contributed by atoms with Gasteiger partial charge in [-0.25, -0.2) is 9.78 Å². The topological polar surface area (TPSA) is 117 Å². The van der Waals surface area contributed by atoms with Crippen molar-refractivity contribution in [2.45, 2.75) is 19.4 Å². The van der Waals surface area contributed by atoms with Crippen molar-refractivity contribution in [2.24, 2.45) is 7.05 Å². The SMILES string of the molecule is Cn1ncc2cc(NC(=O)c3cccc(C(C)(C)O)n3)c(C(=O)O)cc21. The predicted molar refractivity (Wildman–Crippen MR) is 95.1 cm³/mol. The van der Waals surface area contributed by atoms with Crippen LogP contribution in [0, 0.1) is 0 Å². The van der Waals surface area contributed by atoms with E-state index in [4.69, 9.17) is 0 Å². The van der Waals surface area contributed by atoms with Gasteiger partial charge in [-0.15, -0.1) is 0 Å². The summed E-state index contributed by atoms with van der Waals surface area (Å²) in [6, 6.07) is 7.73. The highest BCUT2D eigenvalue weighted by Crippen LogP contribution is 2.25. The number of aromatic carboxylic acids is 1. The number of aromatic nitrogens is 3. The molecule has 0 radical (unpaired) electrons. The number of carboxylic acid groups (broad SMARTS) is 1. The van der Waals surface area contributed by atoms with Gasteiger partial charge in [0.25, 0.3) is 5.91 Å². The highest BCUT2D eigenvalue weighted by molar-refractivity contribution is 6.09. The Labute approximate surface area is 149 Å². The number of nitrogens with one attached hydrogen (secondary N) is 1. The summed E-state index contributed by atoms with van der Waals surface area (Å²) in [4.78, 5) is 28.3. The Kier molecular flexibility index (Phi) is 4.21. The van der Waals surface area contributed by atoms with E-state index in [1.54, 1.807) is 50.0 Å². The predicted octanol–water partition coefficient (Wildman–Crippen LogP) is 2.15. The number of pyridine rings is 1. The van der Waals surface area contributed by atoms with Gasteiger partial charge in [-0.05, 0) is 38.1 Å². The molecule has 8 nitrogen and oxygen atoms in total. The number of carboxylic acids is 1. The maximum absolute atomic E-state index is 12.5. The van der Waals surface area contributed by atoms with Crippen molar-refractivity contribution >= 4 is 28.5 Å². The molecule has 0 aliphatic carbocycles. The fourth-order valence-corrected chi connectivity index (χ4v) is 2.57. The molecule has 26 heavy (non-hydrogen) atoms. The maximum Gasteiger partial charge on any atom is 0.337 e.